The molecule has 20 heavy (non-hydrogen) atoms. The number of fused-ring (bicyclic) bond motifs is 2. The summed E-state index contributed by atoms with van der Waals surface area (Å²) in [5.41, 5.74) is 0. The molecule has 0 aliphatic carbocycles. The molecule has 5 rings (SSSR count). The van der Waals surface area contributed by atoms with Crippen LogP contribution in [0, 0.1) is 0 Å². The molecule has 0 nitrogen and oxygen atoms in total. The molecule has 0 radical (unpaired) electrons. The Kier molecular flexibility index (Phi) is 2.20. The van der Waals surface area contributed by atoms with E-state index in [2.05, 4.69) is 60.7 Å². The predicted octanol–water partition coefficient (Wildman–Crippen LogP) is 5.42. The zero-order valence-electron chi connectivity index (χ0n) is 10.6. The van der Waals surface area contributed by atoms with Gasteiger partial charge in [-0.2, -0.15) is 0 Å². The predicted molar refractivity (Wildman–Crippen MR) is 91.3 cm³/mol. The molecular weight excluding hydrogens is 327 g/mol. The topological polar surface area (TPSA) is 0 Å². The Hall–Kier alpha value is -1.60. The van der Waals surface area contributed by atoms with Gasteiger partial charge in [-0.05, 0) is 0 Å². The van der Waals surface area contributed by atoms with Crippen LogP contribution in [0.2, 0.25) is 0 Å². The second-order valence-electron chi connectivity index (χ2n) is 5.01. The molecule has 0 fully saturated rings. The number of rotatable bonds is 0. The molecular formula is C18H10SSe. The van der Waals surface area contributed by atoms with Crippen LogP contribution in [0.15, 0.2) is 60.7 Å². The summed E-state index contributed by atoms with van der Waals surface area (Å²) in [4.78, 5) is 0. The van der Waals surface area contributed by atoms with E-state index >= 15 is 0 Å². The maximum atomic E-state index is 2.31. The summed E-state index contributed by atoms with van der Waals surface area (Å²) >= 11 is 2.32. The first-order valence-corrected chi connectivity index (χ1v) is 9.16. The summed E-state index contributed by atoms with van der Waals surface area (Å²) in [6.07, 6.45) is 0. The Morgan fingerprint density at radius 3 is 2.25 bits per heavy atom. The van der Waals surface area contributed by atoms with E-state index in [4.69, 9.17) is 0 Å². The first-order chi connectivity index (χ1) is 9.92. The van der Waals surface area contributed by atoms with Gasteiger partial charge in [0.1, 0.15) is 0 Å². The molecule has 0 bridgehead atoms. The van der Waals surface area contributed by atoms with E-state index < -0.39 is 0 Å². The van der Waals surface area contributed by atoms with Gasteiger partial charge in [-0.25, -0.2) is 0 Å². The summed E-state index contributed by atoms with van der Waals surface area (Å²) in [5.74, 6) is 0. The van der Waals surface area contributed by atoms with Gasteiger partial charge in [0.2, 0.25) is 0 Å². The molecule has 2 heteroatoms. The average molecular weight is 337 g/mol. The van der Waals surface area contributed by atoms with Crippen molar-refractivity contribution in [3.05, 3.63) is 60.7 Å². The van der Waals surface area contributed by atoms with E-state index in [1.807, 2.05) is 11.3 Å². The molecule has 0 saturated carbocycles. The van der Waals surface area contributed by atoms with Gasteiger partial charge in [0.25, 0.3) is 0 Å². The summed E-state index contributed by atoms with van der Waals surface area (Å²) in [5, 5.41) is 5.81. The normalized spacial score (nSPS) is 12.0. The summed E-state index contributed by atoms with van der Waals surface area (Å²) in [6, 6.07) is 22.4. The van der Waals surface area contributed by atoms with E-state index in [9.17, 15) is 0 Å². The third kappa shape index (κ3) is 1.36. The molecule has 0 atom stereocenters. The van der Waals surface area contributed by atoms with Gasteiger partial charge in [0.15, 0.2) is 0 Å². The van der Waals surface area contributed by atoms with Gasteiger partial charge in [-0.1, -0.05) is 0 Å². The molecule has 0 N–H and O–H groups in total. The Labute approximate surface area is 126 Å². The number of thiophene rings is 1. The maximum absolute atomic E-state index is 2.31. The Bertz CT molecular complexity index is 1100. The first kappa shape index (κ1) is 11.1. The quantitative estimate of drug-likeness (QED) is 0.331. The van der Waals surface area contributed by atoms with Crippen molar-refractivity contribution in [3.8, 4) is 0 Å². The minimum atomic E-state index is 0.392. The van der Waals surface area contributed by atoms with Crippen LogP contribution in [0.5, 0.6) is 0 Å². The van der Waals surface area contributed by atoms with Crippen LogP contribution in [0.1, 0.15) is 0 Å². The van der Waals surface area contributed by atoms with Crippen molar-refractivity contribution in [1.82, 2.24) is 0 Å². The molecule has 0 spiro atoms. The van der Waals surface area contributed by atoms with Crippen LogP contribution in [0.3, 0.4) is 0 Å². The Balaban J connectivity index is 2.32. The first-order valence-electron chi connectivity index (χ1n) is 6.63. The van der Waals surface area contributed by atoms with Crippen LogP contribution < -0.4 is 0 Å². The molecule has 0 amide bonds. The van der Waals surface area contributed by atoms with E-state index in [-0.39, 0.29) is 0 Å². The average Bonchev–Trinajstić information content (AvgIpc) is 2.79. The van der Waals surface area contributed by atoms with Crippen molar-refractivity contribution < 1.29 is 0 Å². The number of hydrogen-bond acceptors (Lipinski definition) is 1. The molecule has 3 aromatic carbocycles. The molecule has 94 valence electrons. The summed E-state index contributed by atoms with van der Waals surface area (Å²) in [6.45, 7) is 0. The van der Waals surface area contributed by atoms with Crippen LogP contribution in [-0.4, -0.2) is 14.5 Å². The van der Waals surface area contributed by atoms with Gasteiger partial charge < -0.3 is 0 Å². The molecule has 5 aromatic rings. The zero-order valence-corrected chi connectivity index (χ0v) is 13.1. The van der Waals surface area contributed by atoms with Gasteiger partial charge in [0, 0.05) is 0 Å². The number of hydrogen-bond donors (Lipinski definition) is 0. The molecule has 2 heterocycles. The zero-order chi connectivity index (χ0) is 13.1. The van der Waals surface area contributed by atoms with Gasteiger partial charge in [0.05, 0.1) is 0 Å². The molecule has 0 unspecified atom stereocenters. The fraction of sp³-hybridized carbons (Fsp3) is 0. The Morgan fingerprint density at radius 1 is 0.600 bits per heavy atom. The van der Waals surface area contributed by atoms with Crippen LogP contribution in [0.4, 0.5) is 0 Å². The van der Waals surface area contributed by atoms with Crippen LogP contribution >= 0.6 is 11.3 Å². The van der Waals surface area contributed by atoms with E-state index in [1.54, 1.807) is 0 Å². The standard InChI is InChI=1S/C18H10SSe/c1-2-9-15-11(5-1)12-6-3-7-13-17(12)18-14(19-13)8-4-10-16(18)20-15/h1-10H. The van der Waals surface area contributed by atoms with Crippen LogP contribution in [0.25, 0.3) is 39.5 Å². The van der Waals surface area contributed by atoms with E-state index in [1.165, 1.54) is 39.5 Å². The summed E-state index contributed by atoms with van der Waals surface area (Å²) in [7, 11) is 0. The monoisotopic (exact) mass is 338 g/mol. The third-order valence-corrected chi connectivity index (χ3v) is 7.39. The third-order valence-electron chi connectivity index (χ3n) is 3.88. The van der Waals surface area contributed by atoms with Crippen molar-refractivity contribution in [2.75, 3.05) is 0 Å². The second-order valence-corrected chi connectivity index (χ2v) is 8.37. The van der Waals surface area contributed by atoms with Crippen molar-refractivity contribution in [1.29, 1.82) is 0 Å². The molecule has 0 aliphatic heterocycles. The fourth-order valence-electron chi connectivity index (χ4n) is 3.04. The van der Waals surface area contributed by atoms with E-state index in [0.717, 1.165) is 0 Å². The SMILES string of the molecule is c1ccc2c(c1)[se]c1cccc3sc4cccc2c4c31. The van der Waals surface area contributed by atoms with Crippen molar-refractivity contribution in [3.63, 3.8) is 0 Å². The van der Waals surface area contributed by atoms with Gasteiger partial charge in [-0.3, -0.25) is 0 Å². The van der Waals surface area contributed by atoms with Gasteiger partial charge in [-0.15, -0.1) is 0 Å². The fourth-order valence-corrected chi connectivity index (χ4v) is 6.72. The van der Waals surface area contributed by atoms with Gasteiger partial charge >= 0.3 is 126 Å². The van der Waals surface area contributed by atoms with Crippen molar-refractivity contribution in [2.45, 2.75) is 0 Å². The van der Waals surface area contributed by atoms with E-state index in [0.29, 0.717) is 14.5 Å². The molecule has 0 saturated heterocycles. The number of benzene rings is 3. The second kappa shape index (κ2) is 3.95. The van der Waals surface area contributed by atoms with Crippen molar-refractivity contribution >= 4 is 65.3 Å². The van der Waals surface area contributed by atoms with Crippen molar-refractivity contribution in [2.24, 2.45) is 0 Å². The van der Waals surface area contributed by atoms with Crippen LogP contribution in [-0.2, 0) is 0 Å². The Morgan fingerprint density at radius 2 is 1.30 bits per heavy atom. The minimum absolute atomic E-state index is 0.392. The summed E-state index contributed by atoms with van der Waals surface area (Å²) < 4.78 is 5.87. The molecule has 0 aliphatic rings. The molecule has 2 aromatic heterocycles.